The predicted octanol–water partition coefficient (Wildman–Crippen LogP) is 6.12. The number of fused-ring (bicyclic) bond motifs is 1. The molecule has 4 rings (SSSR count). The Labute approximate surface area is 170 Å². The van der Waals surface area contributed by atoms with Crippen molar-refractivity contribution in [2.24, 2.45) is 0 Å². The number of ether oxygens (including phenoxy) is 1. The summed E-state index contributed by atoms with van der Waals surface area (Å²) in [5, 5.41) is 9.68. The van der Waals surface area contributed by atoms with E-state index in [2.05, 4.69) is 20.2 Å². The smallest absolute Gasteiger partial charge is 0.129 e. The van der Waals surface area contributed by atoms with E-state index in [1.54, 1.807) is 24.7 Å². The molecule has 1 aromatic carbocycles. The number of rotatable bonds is 4. The summed E-state index contributed by atoms with van der Waals surface area (Å²) in [6.07, 6.45) is 4.43. The Hall–Kier alpha value is -2.34. The molecule has 0 saturated heterocycles. The number of hydrogen-bond acceptors (Lipinski definition) is 4. The Morgan fingerprint density at radius 1 is 1.00 bits per heavy atom. The number of halogens is 3. The van der Waals surface area contributed by atoms with E-state index in [4.69, 9.17) is 39.5 Å². The second-order valence-electron chi connectivity index (χ2n) is 5.93. The van der Waals surface area contributed by atoms with Crippen molar-refractivity contribution in [1.29, 1.82) is 0 Å². The van der Waals surface area contributed by atoms with Gasteiger partial charge in [0.05, 0.1) is 15.6 Å². The van der Waals surface area contributed by atoms with Crippen molar-refractivity contribution in [2.75, 3.05) is 0 Å². The maximum absolute atomic E-state index is 6.23. The average molecular weight is 420 g/mol. The number of nitrogens with zero attached hydrogens (tertiary/aromatic N) is 3. The van der Waals surface area contributed by atoms with Crippen molar-refractivity contribution >= 4 is 45.7 Å². The van der Waals surface area contributed by atoms with E-state index < -0.39 is 0 Å². The summed E-state index contributed by atoms with van der Waals surface area (Å²) >= 11 is 18.3. The van der Waals surface area contributed by atoms with Crippen LogP contribution in [0, 0.1) is 0 Å². The molecule has 1 unspecified atom stereocenters. The highest BCUT2D eigenvalue weighted by Crippen LogP contribution is 2.34. The number of H-pyrrole nitrogens is 1. The van der Waals surface area contributed by atoms with Gasteiger partial charge in [0.1, 0.15) is 22.7 Å². The van der Waals surface area contributed by atoms with E-state index in [0.29, 0.717) is 26.5 Å². The third-order valence-corrected chi connectivity index (χ3v) is 4.97. The van der Waals surface area contributed by atoms with Crippen molar-refractivity contribution in [2.45, 2.75) is 13.0 Å². The Morgan fingerprint density at radius 3 is 2.48 bits per heavy atom. The van der Waals surface area contributed by atoms with Crippen molar-refractivity contribution in [3.05, 3.63) is 69.7 Å². The van der Waals surface area contributed by atoms with Gasteiger partial charge in [0.15, 0.2) is 0 Å². The average Bonchev–Trinajstić information content (AvgIpc) is 3.05. The van der Waals surface area contributed by atoms with E-state index in [1.165, 1.54) is 0 Å². The summed E-state index contributed by atoms with van der Waals surface area (Å²) in [7, 11) is 0. The highest BCUT2D eigenvalue weighted by Gasteiger charge is 2.17. The number of pyridine rings is 2. The predicted molar refractivity (Wildman–Crippen MR) is 108 cm³/mol. The summed E-state index contributed by atoms with van der Waals surface area (Å²) < 4.78 is 6.07. The molecule has 1 atom stereocenters. The highest BCUT2D eigenvalue weighted by atomic mass is 35.5. The zero-order valence-corrected chi connectivity index (χ0v) is 16.3. The molecule has 0 saturated carbocycles. The molecule has 0 spiro atoms. The van der Waals surface area contributed by atoms with E-state index in [9.17, 15) is 0 Å². The van der Waals surface area contributed by atoms with Crippen LogP contribution >= 0.6 is 34.8 Å². The van der Waals surface area contributed by atoms with Gasteiger partial charge >= 0.3 is 0 Å². The number of hydrogen-bond donors (Lipinski definition) is 1. The van der Waals surface area contributed by atoms with Crippen LogP contribution in [-0.2, 0) is 0 Å². The molecule has 0 radical (unpaired) electrons. The molecule has 5 nitrogen and oxygen atoms in total. The minimum absolute atomic E-state index is 0.349. The molecule has 27 heavy (non-hydrogen) atoms. The first-order chi connectivity index (χ1) is 13.0. The second-order valence-corrected chi connectivity index (χ2v) is 7.13. The third kappa shape index (κ3) is 3.58. The maximum Gasteiger partial charge on any atom is 0.129 e. The molecule has 4 aromatic rings. The number of nitrogens with one attached hydrogen (secondary N) is 1. The Morgan fingerprint density at radius 2 is 1.78 bits per heavy atom. The molecular formula is C19H13Cl3N4O. The van der Waals surface area contributed by atoms with Crippen LogP contribution in [-0.4, -0.2) is 20.2 Å². The Balaban J connectivity index is 1.69. The van der Waals surface area contributed by atoms with Crippen LogP contribution in [0.25, 0.3) is 22.2 Å². The van der Waals surface area contributed by atoms with Gasteiger partial charge in [0.25, 0.3) is 0 Å². The van der Waals surface area contributed by atoms with Crippen LogP contribution in [0.3, 0.4) is 0 Å². The Kier molecular flexibility index (Phi) is 4.91. The SMILES string of the molecule is CC(Oc1ccc2[nH]nc(-c3ccc(Cl)nc3)c2c1)c1c(Cl)cncc1Cl. The molecule has 0 aliphatic heterocycles. The molecule has 0 amide bonds. The number of aromatic nitrogens is 4. The summed E-state index contributed by atoms with van der Waals surface area (Å²) in [4.78, 5) is 8.09. The standard InChI is InChI=1S/C19H13Cl3N4O/c1-10(18-14(20)8-23-9-15(18)21)27-12-3-4-16-13(6-12)19(26-25-16)11-2-5-17(22)24-7-11/h2-10H,1H3,(H,25,26). The molecule has 8 heteroatoms. The Bertz CT molecular complexity index is 1090. The topological polar surface area (TPSA) is 63.7 Å². The van der Waals surface area contributed by atoms with Crippen molar-refractivity contribution in [1.82, 2.24) is 20.2 Å². The zero-order valence-electron chi connectivity index (χ0n) is 14.1. The minimum Gasteiger partial charge on any atom is -0.486 e. The summed E-state index contributed by atoms with van der Waals surface area (Å²) in [5.41, 5.74) is 3.21. The number of aromatic amines is 1. The van der Waals surface area contributed by atoms with E-state index in [0.717, 1.165) is 22.2 Å². The highest BCUT2D eigenvalue weighted by molar-refractivity contribution is 6.35. The van der Waals surface area contributed by atoms with Crippen molar-refractivity contribution in [3.8, 4) is 17.0 Å². The van der Waals surface area contributed by atoms with Gasteiger partial charge in [-0.15, -0.1) is 0 Å². The van der Waals surface area contributed by atoms with Gasteiger partial charge in [-0.05, 0) is 37.3 Å². The fourth-order valence-corrected chi connectivity index (χ4v) is 3.66. The van der Waals surface area contributed by atoms with Gasteiger partial charge in [-0.1, -0.05) is 34.8 Å². The fourth-order valence-electron chi connectivity index (χ4n) is 2.88. The second kappa shape index (κ2) is 7.35. The van der Waals surface area contributed by atoms with E-state index >= 15 is 0 Å². The van der Waals surface area contributed by atoms with E-state index in [1.807, 2.05) is 31.2 Å². The van der Waals surface area contributed by atoms with Crippen LogP contribution in [0.5, 0.6) is 5.75 Å². The van der Waals surface area contributed by atoms with Crippen LogP contribution in [0.15, 0.2) is 48.9 Å². The van der Waals surface area contributed by atoms with Crippen molar-refractivity contribution < 1.29 is 4.74 Å². The monoisotopic (exact) mass is 418 g/mol. The van der Waals surface area contributed by atoms with Gasteiger partial charge in [0.2, 0.25) is 0 Å². The fraction of sp³-hybridized carbons (Fsp3) is 0.105. The van der Waals surface area contributed by atoms with Gasteiger partial charge in [-0.25, -0.2) is 4.98 Å². The van der Waals surface area contributed by atoms with Gasteiger partial charge in [-0.2, -0.15) is 5.10 Å². The van der Waals surface area contributed by atoms with Gasteiger partial charge < -0.3 is 4.74 Å². The lowest BCUT2D eigenvalue weighted by molar-refractivity contribution is 0.227. The first-order valence-electron chi connectivity index (χ1n) is 8.08. The summed E-state index contributed by atoms with van der Waals surface area (Å²) in [6.45, 7) is 1.89. The first kappa shape index (κ1) is 18.0. The number of benzene rings is 1. The molecule has 0 bridgehead atoms. The molecule has 1 N–H and O–H groups in total. The maximum atomic E-state index is 6.23. The molecule has 3 heterocycles. The zero-order chi connectivity index (χ0) is 19.0. The first-order valence-corrected chi connectivity index (χ1v) is 9.22. The molecule has 0 fully saturated rings. The quantitative estimate of drug-likeness (QED) is 0.405. The van der Waals surface area contributed by atoms with Crippen molar-refractivity contribution in [3.63, 3.8) is 0 Å². The molecule has 0 aliphatic carbocycles. The van der Waals surface area contributed by atoms with Gasteiger partial charge in [0, 0.05) is 35.1 Å². The normalized spacial score (nSPS) is 12.3. The minimum atomic E-state index is -0.349. The van der Waals surface area contributed by atoms with Crippen LogP contribution in [0.4, 0.5) is 0 Å². The lowest BCUT2D eigenvalue weighted by atomic mass is 10.1. The molecule has 0 aliphatic rings. The molecule has 136 valence electrons. The van der Waals surface area contributed by atoms with Crippen LogP contribution < -0.4 is 4.74 Å². The van der Waals surface area contributed by atoms with E-state index in [-0.39, 0.29) is 6.10 Å². The molecule has 3 aromatic heterocycles. The third-order valence-electron chi connectivity index (χ3n) is 4.14. The lowest BCUT2D eigenvalue weighted by Gasteiger charge is -2.17. The van der Waals surface area contributed by atoms with Crippen LogP contribution in [0.2, 0.25) is 15.2 Å². The summed E-state index contributed by atoms with van der Waals surface area (Å²) in [5.74, 6) is 0.670. The van der Waals surface area contributed by atoms with Crippen LogP contribution in [0.1, 0.15) is 18.6 Å². The largest absolute Gasteiger partial charge is 0.486 e. The lowest BCUT2D eigenvalue weighted by Crippen LogP contribution is -2.05. The summed E-state index contributed by atoms with van der Waals surface area (Å²) in [6, 6.07) is 9.30. The van der Waals surface area contributed by atoms with Gasteiger partial charge in [-0.3, -0.25) is 10.1 Å². The molecular weight excluding hydrogens is 407 g/mol.